The van der Waals surface area contributed by atoms with E-state index < -0.39 is 0 Å². The van der Waals surface area contributed by atoms with Gasteiger partial charge in [0.2, 0.25) is 0 Å². The maximum absolute atomic E-state index is 9.49. The molecule has 1 aromatic rings. The Morgan fingerprint density at radius 3 is 3.00 bits per heavy atom. The zero-order chi connectivity index (χ0) is 13.0. The Balaban J connectivity index is 1.87. The van der Waals surface area contributed by atoms with Crippen molar-refractivity contribution in [3.63, 3.8) is 0 Å². The molecule has 1 aliphatic rings. The van der Waals surface area contributed by atoms with Crippen LogP contribution in [0.5, 0.6) is 11.5 Å². The van der Waals surface area contributed by atoms with E-state index in [1.54, 1.807) is 12.1 Å². The molecule has 1 saturated heterocycles. The van der Waals surface area contributed by atoms with Crippen LogP contribution in [0.25, 0.3) is 0 Å². The number of hydrogen-bond donors (Lipinski definition) is 1. The van der Waals surface area contributed by atoms with Gasteiger partial charge in [0.15, 0.2) is 0 Å². The summed E-state index contributed by atoms with van der Waals surface area (Å²) in [6, 6.07) is 5.26. The number of nitrogens with zero attached hydrogens (tertiary/aromatic N) is 1. The average molecular weight is 251 g/mol. The zero-order valence-corrected chi connectivity index (χ0v) is 11.1. The van der Waals surface area contributed by atoms with Crippen molar-refractivity contribution in [2.75, 3.05) is 32.8 Å². The zero-order valence-electron chi connectivity index (χ0n) is 11.1. The molecule has 4 heteroatoms. The number of morpholine rings is 1. The molecule has 1 N–H and O–H groups in total. The van der Waals surface area contributed by atoms with Crippen molar-refractivity contribution in [3.05, 3.63) is 23.8 Å². The molecule has 2 rings (SSSR count). The number of aromatic hydroxyl groups is 1. The molecule has 1 fully saturated rings. The Morgan fingerprint density at radius 2 is 2.28 bits per heavy atom. The number of phenols is 1. The number of hydrogen-bond acceptors (Lipinski definition) is 4. The van der Waals surface area contributed by atoms with E-state index in [9.17, 15) is 5.11 Å². The van der Waals surface area contributed by atoms with E-state index in [0.717, 1.165) is 31.8 Å². The predicted octanol–water partition coefficient (Wildman–Crippen LogP) is 1.80. The molecular formula is C14H21NO3. The number of phenolic OH excluding ortho intramolecular Hbond substituents is 1. The van der Waals surface area contributed by atoms with Crippen LogP contribution in [0.15, 0.2) is 18.2 Å². The van der Waals surface area contributed by atoms with Crippen molar-refractivity contribution in [3.8, 4) is 11.5 Å². The first kappa shape index (κ1) is 13.2. The van der Waals surface area contributed by atoms with Gasteiger partial charge in [0.25, 0.3) is 0 Å². The number of ether oxygens (including phenoxy) is 2. The van der Waals surface area contributed by atoms with Gasteiger partial charge in [-0.2, -0.15) is 0 Å². The van der Waals surface area contributed by atoms with E-state index in [2.05, 4.69) is 11.8 Å². The summed E-state index contributed by atoms with van der Waals surface area (Å²) in [5.41, 5.74) is 0.991. The number of likely N-dealkylation sites (N-methyl/N-ethyl adjacent to an activating group) is 1. The maximum atomic E-state index is 9.49. The second-order valence-electron chi connectivity index (χ2n) is 4.70. The summed E-state index contributed by atoms with van der Waals surface area (Å²) in [5, 5.41) is 9.49. The third-order valence-electron chi connectivity index (χ3n) is 3.14. The second kappa shape index (κ2) is 6.07. The number of rotatable bonds is 4. The summed E-state index contributed by atoms with van der Waals surface area (Å²) in [5.74, 6) is 0.939. The lowest BCUT2D eigenvalue weighted by molar-refractivity contribution is -0.0464. The van der Waals surface area contributed by atoms with Crippen molar-refractivity contribution in [1.29, 1.82) is 0 Å². The molecule has 0 amide bonds. The summed E-state index contributed by atoms with van der Waals surface area (Å²) < 4.78 is 11.4. The Bertz CT molecular complexity index is 374. The minimum atomic E-state index is 0.112. The topological polar surface area (TPSA) is 41.9 Å². The van der Waals surface area contributed by atoms with Crippen LogP contribution >= 0.6 is 0 Å². The third kappa shape index (κ3) is 3.62. The minimum Gasteiger partial charge on any atom is -0.508 e. The van der Waals surface area contributed by atoms with E-state index in [1.165, 1.54) is 0 Å². The first-order valence-corrected chi connectivity index (χ1v) is 6.45. The lowest BCUT2D eigenvalue weighted by atomic mass is 10.2. The lowest BCUT2D eigenvalue weighted by Gasteiger charge is -2.31. The maximum Gasteiger partial charge on any atom is 0.123 e. The molecule has 1 aliphatic heterocycles. The molecule has 0 aliphatic carbocycles. The van der Waals surface area contributed by atoms with E-state index in [1.807, 2.05) is 13.0 Å². The van der Waals surface area contributed by atoms with Gasteiger partial charge in [-0.1, -0.05) is 6.92 Å². The SMILES string of the molecule is CCN1CCOC(COc2cc(C)cc(O)c2)C1. The fraction of sp³-hybridized carbons (Fsp3) is 0.571. The molecule has 100 valence electrons. The minimum absolute atomic E-state index is 0.112. The van der Waals surface area contributed by atoms with Crippen LogP contribution < -0.4 is 4.74 Å². The van der Waals surface area contributed by atoms with Crippen molar-refractivity contribution in [2.24, 2.45) is 0 Å². The van der Waals surface area contributed by atoms with Crippen LogP contribution in [-0.4, -0.2) is 49.0 Å². The predicted molar refractivity (Wildman–Crippen MR) is 70.2 cm³/mol. The Hall–Kier alpha value is -1.26. The largest absolute Gasteiger partial charge is 0.508 e. The Morgan fingerprint density at radius 1 is 1.44 bits per heavy atom. The molecule has 0 bridgehead atoms. The molecule has 1 atom stereocenters. The highest BCUT2D eigenvalue weighted by molar-refractivity contribution is 5.36. The Kier molecular flexibility index (Phi) is 4.44. The Labute approximate surface area is 108 Å². The van der Waals surface area contributed by atoms with Gasteiger partial charge < -0.3 is 14.6 Å². The van der Waals surface area contributed by atoms with Crippen LogP contribution in [0.1, 0.15) is 12.5 Å². The molecule has 1 aromatic carbocycles. The van der Waals surface area contributed by atoms with Gasteiger partial charge in [-0.15, -0.1) is 0 Å². The number of benzene rings is 1. The van der Waals surface area contributed by atoms with Crippen LogP contribution in [0.2, 0.25) is 0 Å². The van der Waals surface area contributed by atoms with Crippen LogP contribution in [0.4, 0.5) is 0 Å². The van der Waals surface area contributed by atoms with Crippen molar-refractivity contribution >= 4 is 0 Å². The second-order valence-corrected chi connectivity index (χ2v) is 4.70. The van der Waals surface area contributed by atoms with Gasteiger partial charge >= 0.3 is 0 Å². The molecule has 1 unspecified atom stereocenters. The summed E-state index contributed by atoms with van der Waals surface area (Å²) in [6.07, 6.45) is 0.112. The monoisotopic (exact) mass is 251 g/mol. The number of aryl methyl sites for hydroxylation is 1. The molecule has 4 nitrogen and oxygen atoms in total. The highest BCUT2D eigenvalue weighted by Crippen LogP contribution is 2.21. The van der Waals surface area contributed by atoms with Crippen LogP contribution in [-0.2, 0) is 4.74 Å². The van der Waals surface area contributed by atoms with E-state index in [4.69, 9.17) is 9.47 Å². The summed E-state index contributed by atoms with van der Waals surface area (Å²) in [6.45, 7) is 8.34. The molecule has 0 saturated carbocycles. The van der Waals surface area contributed by atoms with Gasteiger partial charge in [-0.05, 0) is 31.2 Å². The highest BCUT2D eigenvalue weighted by Gasteiger charge is 2.19. The van der Waals surface area contributed by atoms with Crippen molar-refractivity contribution in [1.82, 2.24) is 4.90 Å². The summed E-state index contributed by atoms with van der Waals surface area (Å²) in [7, 11) is 0. The highest BCUT2D eigenvalue weighted by atomic mass is 16.5. The van der Waals surface area contributed by atoms with Crippen LogP contribution in [0.3, 0.4) is 0 Å². The van der Waals surface area contributed by atoms with Gasteiger partial charge in [0, 0.05) is 19.2 Å². The normalized spacial score (nSPS) is 20.9. The van der Waals surface area contributed by atoms with Gasteiger partial charge in [0.1, 0.15) is 24.2 Å². The van der Waals surface area contributed by atoms with Gasteiger partial charge in [-0.3, -0.25) is 4.90 Å². The van der Waals surface area contributed by atoms with Crippen molar-refractivity contribution in [2.45, 2.75) is 20.0 Å². The molecular weight excluding hydrogens is 230 g/mol. The van der Waals surface area contributed by atoms with Crippen LogP contribution in [0, 0.1) is 6.92 Å². The van der Waals surface area contributed by atoms with E-state index >= 15 is 0 Å². The standard InChI is InChI=1S/C14H21NO3/c1-3-15-4-5-17-14(9-15)10-18-13-7-11(2)6-12(16)8-13/h6-8,14,16H,3-5,9-10H2,1-2H3. The fourth-order valence-electron chi connectivity index (χ4n) is 2.17. The molecule has 1 heterocycles. The quantitative estimate of drug-likeness (QED) is 0.886. The van der Waals surface area contributed by atoms with E-state index in [0.29, 0.717) is 12.4 Å². The van der Waals surface area contributed by atoms with E-state index in [-0.39, 0.29) is 11.9 Å². The molecule has 0 spiro atoms. The first-order valence-electron chi connectivity index (χ1n) is 6.45. The fourth-order valence-corrected chi connectivity index (χ4v) is 2.17. The molecule has 0 aromatic heterocycles. The first-order chi connectivity index (χ1) is 8.67. The summed E-state index contributed by atoms with van der Waals surface area (Å²) >= 11 is 0. The smallest absolute Gasteiger partial charge is 0.123 e. The van der Waals surface area contributed by atoms with Crippen molar-refractivity contribution < 1.29 is 14.6 Å². The third-order valence-corrected chi connectivity index (χ3v) is 3.14. The van der Waals surface area contributed by atoms with Gasteiger partial charge in [0.05, 0.1) is 6.61 Å². The lowest BCUT2D eigenvalue weighted by Crippen LogP contribution is -2.44. The average Bonchev–Trinajstić information content (AvgIpc) is 2.35. The summed E-state index contributed by atoms with van der Waals surface area (Å²) in [4.78, 5) is 2.35. The molecule has 18 heavy (non-hydrogen) atoms. The van der Waals surface area contributed by atoms with Gasteiger partial charge in [-0.25, -0.2) is 0 Å². The molecule has 0 radical (unpaired) electrons.